The first-order valence-corrected chi connectivity index (χ1v) is 7.73. The zero-order chi connectivity index (χ0) is 17.7. The number of nitrogens with zero attached hydrogens (tertiary/aromatic N) is 1. The second-order valence-corrected chi connectivity index (χ2v) is 5.45. The van der Waals surface area contributed by atoms with Crippen molar-refractivity contribution in [3.05, 3.63) is 81.4 Å². The van der Waals surface area contributed by atoms with Gasteiger partial charge in [0, 0.05) is 6.07 Å². The van der Waals surface area contributed by atoms with Crippen molar-refractivity contribution in [3.8, 4) is 0 Å². The number of nitro groups is 1. The Bertz CT molecular complexity index is 795. The molecule has 2 aromatic rings. The summed E-state index contributed by atoms with van der Waals surface area (Å²) in [6.07, 6.45) is 2.58. The fourth-order valence-corrected chi connectivity index (χ4v) is 2.68. The van der Waals surface area contributed by atoms with E-state index in [1.54, 1.807) is 37.3 Å². The highest BCUT2D eigenvalue weighted by Crippen LogP contribution is 2.35. The van der Waals surface area contributed by atoms with Crippen molar-refractivity contribution in [1.82, 2.24) is 0 Å². The van der Waals surface area contributed by atoms with E-state index in [1.165, 1.54) is 6.07 Å². The highest BCUT2D eigenvalue weighted by molar-refractivity contribution is 5.88. The predicted molar refractivity (Wildman–Crippen MR) is 93.0 cm³/mol. The Hall–Kier alpha value is -2.95. The Labute approximate surface area is 140 Å². The van der Waals surface area contributed by atoms with Gasteiger partial charge in [-0.25, -0.2) is 0 Å². The lowest BCUT2D eigenvalue weighted by atomic mass is 9.87. The van der Waals surface area contributed by atoms with Gasteiger partial charge in [0.15, 0.2) is 0 Å². The maximum atomic E-state index is 11.4. The normalized spacial score (nSPS) is 12.7. The molecule has 0 aliphatic rings. The summed E-state index contributed by atoms with van der Waals surface area (Å²) in [4.78, 5) is 22.4. The minimum Gasteiger partial charge on any atom is -0.481 e. The quantitative estimate of drug-likeness (QED) is 0.620. The molecule has 124 valence electrons. The van der Waals surface area contributed by atoms with Crippen LogP contribution in [0.5, 0.6) is 0 Å². The van der Waals surface area contributed by atoms with Gasteiger partial charge in [0.1, 0.15) is 0 Å². The van der Waals surface area contributed by atoms with Crippen LogP contribution >= 0.6 is 0 Å². The summed E-state index contributed by atoms with van der Waals surface area (Å²) in [7, 11) is 0. The molecule has 5 nitrogen and oxygen atoms in total. The summed E-state index contributed by atoms with van der Waals surface area (Å²) in [5.41, 5.74) is 2.55. The van der Waals surface area contributed by atoms with E-state index in [0.29, 0.717) is 28.7 Å². The molecule has 0 spiro atoms. The van der Waals surface area contributed by atoms with Crippen molar-refractivity contribution in [2.45, 2.75) is 26.2 Å². The standard InChI is InChI=1S/C19H19NO4/c1-3-8-15(17-11-6-7-12-18(17)20(23)24)16-10-5-4-9-14(16)13(2)19(21)22/h4-13H,3H2,1-2H3,(H,21,22). The minimum absolute atomic E-state index is 0.00924. The maximum absolute atomic E-state index is 11.4. The zero-order valence-electron chi connectivity index (χ0n) is 13.6. The lowest BCUT2D eigenvalue weighted by molar-refractivity contribution is -0.385. The lowest BCUT2D eigenvalue weighted by Crippen LogP contribution is -2.10. The molecular formula is C19H19NO4. The third-order valence-electron chi connectivity index (χ3n) is 3.89. The molecule has 0 amide bonds. The molecule has 0 radical (unpaired) electrons. The summed E-state index contributed by atoms with van der Waals surface area (Å²) >= 11 is 0. The lowest BCUT2D eigenvalue weighted by Gasteiger charge is -2.16. The summed E-state index contributed by atoms with van der Waals surface area (Å²) in [5.74, 6) is -1.63. The number of benzene rings is 2. The van der Waals surface area contributed by atoms with Crippen molar-refractivity contribution < 1.29 is 14.8 Å². The van der Waals surface area contributed by atoms with Crippen LogP contribution in [0.25, 0.3) is 5.57 Å². The van der Waals surface area contributed by atoms with Crippen molar-refractivity contribution in [2.24, 2.45) is 0 Å². The molecule has 0 heterocycles. The first-order chi connectivity index (χ1) is 11.5. The van der Waals surface area contributed by atoms with Crippen LogP contribution < -0.4 is 0 Å². The van der Waals surface area contributed by atoms with E-state index < -0.39 is 16.8 Å². The Morgan fingerprint density at radius 2 is 1.75 bits per heavy atom. The minimum atomic E-state index is -0.930. The summed E-state index contributed by atoms with van der Waals surface area (Å²) in [5, 5.41) is 20.7. The van der Waals surface area contributed by atoms with Crippen LogP contribution in [0.4, 0.5) is 5.69 Å². The van der Waals surface area contributed by atoms with Crippen LogP contribution in [0.3, 0.4) is 0 Å². The molecule has 1 unspecified atom stereocenters. The number of allylic oxidation sites excluding steroid dienone is 1. The number of carboxylic acid groups (broad SMARTS) is 1. The van der Waals surface area contributed by atoms with Crippen molar-refractivity contribution in [3.63, 3.8) is 0 Å². The van der Waals surface area contributed by atoms with E-state index in [0.717, 1.165) is 0 Å². The Morgan fingerprint density at radius 1 is 1.17 bits per heavy atom. The highest BCUT2D eigenvalue weighted by atomic mass is 16.6. The molecule has 0 saturated heterocycles. The fourth-order valence-electron chi connectivity index (χ4n) is 2.68. The van der Waals surface area contributed by atoms with Crippen LogP contribution in [0, 0.1) is 10.1 Å². The van der Waals surface area contributed by atoms with Gasteiger partial charge >= 0.3 is 5.97 Å². The monoisotopic (exact) mass is 325 g/mol. The van der Waals surface area contributed by atoms with Crippen molar-refractivity contribution >= 4 is 17.2 Å². The van der Waals surface area contributed by atoms with Gasteiger partial charge in [-0.05, 0) is 36.1 Å². The molecule has 0 aromatic heterocycles. The third-order valence-corrected chi connectivity index (χ3v) is 3.89. The Balaban J connectivity index is 2.70. The van der Waals surface area contributed by atoms with Gasteiger partial charge in [-0.2, -0.15) is 0 Å². The van der Waals surface area contributed by atoms with Crippen LogP contribution in [-0.2, 0) is 4.79 Å². The highest BCUT2D eigenvalue weighted by Gasteiger charge is 2.23. The molecule has 0 saturated carbocycles. The van der Waals surface area contributed by atoms with Gasteiger partial charge < -0.3 is 5.11 Å². The van der Waals surface area contributed by atoms with E-state index in [9.17, 15) is 20.0 Å². The number of carbonyl (C=O) groups is 1. The topological polar surface area (TPSA) is 80.4 Å². The number of aliphatic carboxylic acids is 1. The number of hydrogen-bond donors (Lipinski definition) is 1. The second kappa shape index (κ2) is 7.55. The summed E-state index contributed by atoms with van der Waals surface area (Å²) in [6.45, 7) is 3.56. The van der Waals surface area contributed by atoms with Gasteiger partial charge in [-0.15, -0.1) is 0 Å². The van der Waals surface area contributed by atoms with Gasteiger partial charge in [0.25, 0.3) is 5.69 Å². The van der Waals surface area contributed by atoms with Crippen LogP contribution in [-0.4, -0.2) is 16.0 Å². The largest absolute Gasteiger partial charge is 0.481 e. The number of nitro benzene ring substituents is 1. The van der Waals surface area contributed by atoms with Crippen molar-refractivity contribution in [1.29, 1.82) is 0 Å². The van der Waals surface area contributed by atoms with Gasteiger partial charge in [0.05, 0.1) is 16.4 Å². The van der Waals surface area contributed by atoms with E-state index >= 15 is 0 Å². The van der Waals surface area contributed by atoms with Crippen LogP contribution in [0.1, 0.15) is 42.9 Å². The number of hydrogen-bond acceptors (Lipinski definition) is 3. The first kappa shape index (κ1) is 17.4. The van der Waals surface area contributed by atoms with Gasteiger partial charge in [0.2, 0.25) is 0 Å². The Kier molecular flexibility index (Phi) is 5.47. The third kappa shape index (κ3) is 3.51. The first-order valence-electron chi connectivity index (χ1n) is 7.73. The molecule has 0 fully saturated rings. The molecule has 0 bridgehead atoms. The van der Waals surface area contributed by atoms with Gasteiger partial charge in [-0.1, -0.05) is 49.4 Å². The molecular weight excluding hydrogens is 306 g/mol. The number of para-hydroxylation sites is 1. The molecule has 2 rings (SSSR count). The number of rotatable bonds is 6. The van der Waals surface area contributed by atoms with E-state index in [1.807, 2.05) is 25.1 Å². The predicted octanol–water partition coefficient (Wildman–Crippen LogP) is 4.62. The summed E-state index contributed by atoms with van der Waals surface area (Å²) in [6, 6.07) is 13.7. The fraction of sp³-hybridized carbons (Fsp3) is 0.211. The Morgan fingerprint density at radius 3 is 2.33 bits per heavy atom. The van der Waals surface area contributed by atoms with Crippen molar-refractivity contribution in [2.75, 3.05) is 0 Å². The van der Waals surface area contributed by atoms with Crippen LogP contribution in [0.15, 0.2) is 54.6 Å². The smallest absolute Gasteiger partial charge is 0.310 e. The number of carboxylic acids is 1. The molecule has 0 aliphatic heterocycles. The SMILES string of the molecule is CCC=C(c1ccccc1C(C)C(=O)O)c1ccccc1[N+](=O)[O-]. The maximum Gasteiger partial charge on any atom is 0.310 e. The molecule has 2 aromatic carbocycles. The average molecular weight is 325 g/mol. The molecule has 24 heavy (non-hydrogen) atoms. The zero-order valence-corrected chi connectivity index (χ0v) is 13.6. The van der Waals surface area contributed by atoms with E-state index in [-0.39, 0.29) is 5.69 Å². The molecule has 0 aliphatic carbocycles. The average Bonchev–Trinajstić information content (AvgIpc) is 2.59. The van der Waals surface area contributed by atoms with Gasteiger partial charge in [-0.3, -0.25) is 14.9 Å². The molecule has 1 atom stereocenters. The van der Waals surface area contributed by atoms with E-state index in [2.05, 4.69) is 0 Å². The van der Waals surface area contributed by atoms with E-state index in [4.69, 9.17) is 0 Å². The summed E-state index contributed by atoms with van der Waals surface area (Å²) < 4.78 is 0. The molecule has 5 heteroatoms. The van der Waals surface area contributed by atoms with Crippen LogP contribution in [0.2, 0.25) is 0 Å². The molecule has 1 N–H and O–H groups in total. The second-order valence-electron chi connectivity index (χ2n) is 5.45.